The van der Waals surface area contributed by atoms with Crippen LogP contribution in [0.4, 0.5) is 18.9 Å². The van der Waals surface area contributed by atoms with Gasteiger partial charge in [-0.15, -0.1) is 13.2 Å². The van der Waals surface area contributed by atoms with Gasteiger partial charge in [0.15, 0.2) is 6.61 Å². The van der Waals surface area contributed by atoms with Crippen LogP contribution in [-0.2, 0) is 14.3 Å². The topological polar surface area (TPSA) is 102 Å². The summed E-state index contributed by atoms with van der Waals surface area (Å²) in [4.78, 5) is 49.7. The summed E-state index contributed by atoms with van der Waals surface area (Å²) in [6.07, 6.45) is -4.84. The number of anilines is 1. The third kappa shape index (κ3) is 5.00. The number of amides is 3. The van der Waals surface area contributed by atoms with Crippen LogP contribution < -0.4 is 10.1 Å². The van der Waals surface area contributed by atoms with Gasteiger partial charge in [-0.1, -0.05) is 12.1 Å². The highest BCUT2D eigenvalue weighted by Crippen LogP contribution is 2.25. The van der Waals surface area contributed by atoms with Crippen molar-refractivity contribution in [3.8, 4) is 5.75 Å². The predicted octanol–water partition coefficient (Wildman–Crippen LogP) is 2.75. The predicted molar refractivity (Wildman–Crippen MR) is 99.1 cm³/mol. The monoisotopic (exact) mass is 436 g/mol. The number of imide groups is 1. The van der Waals surface area contributed by atoms with E-state index in [0.717, 1.165) is 17.0 Å². The molecule has 0 fully saturated rings. The molecule has 0 saturated heterocycles. The van der Waals surface area contributed by atoms with Crippen molar-refractivity contribution >= 4 is 29.4 Å². The maximum absolute atomic E-state index is 12.4. The van der Waals surface area contributed by atoms with Crippen molar-refractivity contribution in [1.29, 1.82) is 0 Å². The van der Waals surface area contributed by atoms with Crippen LogP contribution in [0.5, 0.6) is 5.75 Å². The van der Waals surface area contributed by atoms with Gasteiger partial charge in [0.05, 0.1) is 11.1 Å². The fourth-order valence-corrected chi connectivity index (χ4v) is 2.86. The van der Waals surface area contributed by atoms with E-state index in [-0.39, 0.29) is 16.8 Å². The van der Waals surface area contributed by atoms with Crippen LogP contribution in [0, 0.1) is 0 Å². The molecule has 0 bridgehead atoms. The van der Waals surface area contributed by atoms with Crippen molar-refractivity contribution in [2.45, 2.75) is 19.3 Å². The van der Waals surface area contributed by atoms with E-state index in [0.29, 0.717) is 0 Å². The molecule has 1 atom stereocenters. The van der Waals surface area contributed by atoms with Gasteiger partial charge in [0.1, 0.15) is 11.8 Å². The average molecular weight is 436 g/mol. The quantitative estimate of drug-likeness (QED) is 0.552. The highest BCUT2D eigenvalue weighted by Gasteiger charge is 2.41. The average Bonchev–Trinajstić information content (AvgIpc) is 2.97. The second-order valence-corrected chi connectivity index (χ2v) is 6.43. The number of nitrogens with zero attached hydrogens (tertiary/aromatic N) is 1. The molecule has 0 radical (unpaired) electrons. The van der Waals surface area contributed by atoms with Gasteiger partial charge in [-0.3, -0.25) is 19.3 Å². The van der Waals surface area contributed by atoms with E-state index in [2.05, 4.69) is 10.1 Å². The van der Waals surface area contributed by atoms with E-state index >= 15 is 0 Å². The number of nitrogens with one attached hydrogen (secondary N) is 1. The summed E-state index contributed by atoms with van der Waals surface area (Å²) in [5, 5.41) is 2.33. The maximum atomic E-state index is 12.4. The number of hydrogen-bond donors (Lipinski definition) is 1. The molecule has 0 aromatic heterocycles. The van der Waals surface area contributed by atoms with Crippen LogP contribution in [0.2, 0.25) is 0 Å². The minimum atomic E-state index is -4.84. The lowest BCUT2D eigenvalue weighted by molar-refractivity contribution is -0.274. The lowest BCUT2D eigenvalue weighted by Gasteiger charge is -2.20. The van der Waals surface area contributed by atoms with E-state index in [1.807, 2.05) is 0 Å². The number of halogens is 3. The zero-order chi connectivity index (χ0) is 22.8. The summed E-state index contributed by atoms with van der Waals surface area (Å²) >= 11 is 0. The second-order valence-electron chi connectivity index (χ2n) is 6.43. The Labute approximate surface area is 173 Å². The first-order valence-electron chi connectivity index (χ1n) is 8.86. The van der Waals surface area contributed by atoms with Gasteiger partial charge < -0.3 is 14.8 Å². The molecule has 31 heavy (non-hydrogen) atoms. The summed E-state index contributed by atoms with van der Waals surface area (Å²) in [6, 6.07) is 9.17. The molecule has 0 unspecified atom stereocenters. The number of carbonyl (C=O) groups excluding carboxylic acids is 4. The van der Waals surface area contributed by atoms with Crippen LogP contribution in [0.3, 0.4) is 0 Å². The largest absolute Gasteiger partial charge is 0.573 e. The van der Waals surface area contributed by atoms with E-state index in [1.54, 1.807) is 12.1 Å². The van der Waals surface area contributed by atoms with Crippen molar-refractivity contribution in [1.82, 2.24) is 4.90 Å². The van der Waals surface area contributed by atoms with Gasteiger partial charge in [0, 0.05) is 5.69 Å². The van der Waals surface area contributed by atoms with Gasteiger partial charge in [-0.2, -0.15) is 0 Å². The first kappa shape index (κ1) is 21.8. The molecule has 3 amide bonds. The number of alkyl halides is 3. The summed E-state index contributed by atoms with van der Waals surface area (Å²) in [7, 11) is 0. The molecule has 0 aliphatic carbocycles. The van der Waals surface area contributed by atoms with Crippen LogP contribution in [0.15, 0.2) is 48.5 Å². The van der Waals surface area contributed by atoms with Crippen molar-refractivity contribution in [3.63, 3.8) is 0 Å². The standard InChI is InChI=1S/C20H15F3N2O6/c1-11(25-17(27)14-4-2-3-5-15(14)18(25)28)19(29)30-10-16(26)24-12-6-8-13(9-7-12)31-20(21,22)23/h2-9,11H,10H2,1H3,(H,24,26)/t11-/m0/s1. The first-order valence-corrected chi connectivity index (χ1v) is 8.86. The molecule has 0 spiro atoms. The van der Waals surface area contributed by atoms with Crippen molar-refractivity contribution in [2.24, 2.45) is 0 Å². The number of hydrogen-bond acceptors (Lipinski definition) is 6. The maximum Gasteiger partial charge on any atom is 0.573 e. The molecule has 1 heterocycles. The highest BCUT2D eigenvalue weighted by molar-refractivity contribution is 6.22. The van der Waals surface area contributed by atoms with Crippen LogP contribution in [0.1, 0.15) is 27.6 Å². The summed E-state index contributed by atoms with van der Waals surface area (Å²) < 4.78 is 45.0. The van der Waals surface area contributed by atoms with E-state index < -0.39 is 48.5 Å². The minimum Gasteiger partial charge on any atom is -0.454 e. The fourth-order valence-electron chi connectivity index (χ4n) is 2.86. The van der Waals surface area contributed by atoms with Crippen molar-refractivity contribution in [3.05, 3.63) is 59.7 Å². The lowest BCUT2D eigenvalue weighted by Crippen LogP contribution is -2.44. The Morgan fingerprint density at radius 2 is 1.55 bits per heavy atom. The Morgan fingerprint density at radius 1 is 1.00 bits per heavy atom. The normalized spacial score (nSPS) is 14.1. The Kier molecular flexibility index (Phi) is 5.95. The Bertz CT molecular complexity index is 1000. The molecule has 3 rings (SSSR count). The van der Waals surface area contributed by atoms with Crippen LogP contribution in [-0.4, -0.2) is 47.6 Å². The molecule has 1 N–H and O–H groups in total. The lowest BCUT2D eigenvalue weighted by atomic mass is 10.1. The number of esters is 1. The molecule has 2 aromatic rings. The molecular weight excluding hydrogens is 421 g/mol. The summed E-state index contributed by atoms with van der Waals surface area (Å²) in [5.41, 5.74) is 0.481. The number of fused-ring (bicyclic) bond motifs is 1. The zero-order valence-electron chi connectivity index (χ0n) is 15.9. The number of carbonyl (C=O) groups is 4. The van der Waals surface area contributed by atoms with Crippen LogP contribution in [0.25, 0.3) is 0 Å². The van der Waals surface area contributed by atoms with Crippen molar-refractivity contribution in [2.75, 3.05) is 11.9 Å². The molecule has 1 aliphatic rings. The third-order valence-electron chi connectivity index (χ3n) is 4.27. The first-order chi connectivity index (χ1) is 14.6. The van der Waals surface area contributed by atoms with E-state index in [9.17, 15) is 32.3 Å². The number of ether oxygens (including phenoxy) is 2. The Hall–Kier alpha value is -3.89. The molecular formula is C20H15F3N2O6. The summed E-state index contributed by atoms with van der Waals surface area (Å²) in [6.45, 7) is 0.564. The van der Waals surface area contributed by atoms with Gasteiger partial charge in [0.25, 0.3) is 17.7 Å². The SMILES string of the molecule is C[C@@H](C(=O)OCC(=O)Nc1ccc(OC(F)(F)F)cc1)N1C(=O)c2ccccc2C1=O. The molecule has 162 valence electrons. The Morgan fingerprint density at radius 3 is 2.06 bits per heavy atom. The molecule has 8 nitrogen and oxygen atoms in total. The van der Waals surface area contributed by atoms with Gasteiger partial charge in [0.2, 0.25) is 0 Å². The minimum absolute atomic E-state index is 0.143. The van der Waals surface area contributed by atoms with Crippen LogP contribution >= 0.6 is 0 Å². The fraction of sp³-hybridized carbons (Fsp3) is 0.200. The molecule has 0 saturated carbocycles. The molecule has 11 heteroatoms. The number of rotatable bonds is 6. The second kappa shape index (κ2) is 8.46. The van der Waals surface area contributed by atoms with Gasteiger partial charge in [-0.25, -0.2) is 4.79 Å². The zero-order valence-corrected chi connectivity index (χ0v) is 15.9. The smallest absolute Gasteiger partial charge is 0.454 e. The molecule has 1 aliphatic heterocycles. The summed E-state index contributed by atoms with van der Waals surface area (Å²) in [5.74, 6) is -3.50. The third-order valence-corrected chi connectivity index (χ3v) is 4.27. The van der Waals surface area contributed by atoms with E-state index in [1.165, 1.54) is 31.2 Å². The van der Waals surface area contributed by atoms with Gasteiger partial charge >= 0.3 is 12.3 Å². The van der Waals surface area contributed by atoms with E-state index in [4.69, 9.17) is 4.74 Å². The van der Waals surface area contributed by atoms with Crippen molar-refractivity contribution < 1.29 is 41.8 Å². The highest BCUT2D eigenvalue weighted by atomic mass is 19.4. The molecule has 2 aromatic carbocycles. The number of benzene rings is 2. The van der Waals surface area contributed by atoms with Gasteiger partial charge in [-0.05, 0) is 43.3 Å². The Balaban J connectivity index is 1.53.